The number of thioether (sulfide) groups is 1. The molecule has 0 radical (unpaired) electrons. The summed E-state index contributed by atoms with van der Waals surface area (Å²) in [6.45, 7) is 2.56. The molecule has 2 N–H and O–H groups in total. The van der Waals surface area contributed by atoms with Crippen molar-refractivity contribution in [2.75, 3.05) is 13.3 Å². The van der Waals surface area contributed by atoms with Gasteiger partial charge in [0.05, 0.1) is 6.54 Å². The summed E-state index contributed by atoms with van der Waals surface area (Å²) in [7, 11) is 1.60. The van der Waals surface area contributed by atoms with Crippen LogP contribution in [0.1, 0.15) is 39.0 Å². The Labute approximate surface area is 202 Å². The lowest BCUT2D eigenvalue weighted by Crippen LogP contribution is -2.62. The molecule has 0 fully saturated rings. The van der Waals surface area contributed by atoms with Gasteiger partial charge < -0.3 is 15.5 Å². The maximum absolute atomic E-state index is 13.1. The van der Waals surface area contributed by atoms with E-state index < -0.39 is 5.54 Å². The second-order valence-corrected chi connectivity index (χ2v) is 9.29. The predicted molar refractivity (Wildman–Crippen MR) is 130 cm³/mol. The number of amides is 3. The van der Waals surface area contributed by atoms with Crippen LogP contribution in [0.3, 0.4) is 0 Å². The summed E-state index contributed by atoms with van der Waals surface area (Å²) >= 11 is 1.65. The zero-order valence-corrected chi connectivity index (χ0v) is 20.2. The SMILES string of the molecule is CSc1ccc(CNC(=O)c2cc3n(n2)C[C@](C)(C(=O)NCc2ccccc2)N(C)C3=O)cc1. The molecule has 3 amide bonds. The minimum atomic E-state index is -1.14. The van der Waals surface area contributed by atoms with Gasteiger partial charge in [-0.3, -0.25) is 19.1 Å². The maximum Gasteiger partial charge on any atom is 0.272 e. The van der Waals surface area contributed by atoms with E-state index in [-0.39, 0.29) is 35.7 Å². The van der Waals surface area contributed by atoms with Gasteiger partial charge in [-0.2, -0.15) is 5.10 Å². The van der Waals surface area contributed by atoms with Crippen LogP contribution < -0.4 is 10.6 Å². The molecule has 2 heterocycles. The number of nitrogens with one attached hydrogen (secondary N) is 2. The fourth-order valence-electron chi connectivity index (χ4n) is 3.82. The Morgan fingerprint density at radius 1 is 1.03 bits per heavy atom. The standard InChI is InChI=1S/C25H27N5O3S/c1-25(24(33)27-15-17-7-5-4-6-8-17)16-30-21(23(32)29(25)2)13-20(28-30)22(31)26-14-18-9-11-19(34-3)12-10-18/h4-13H,14-16H2,1-3H3,(H,26,31)(H,27,33)/t25-/m1/s1. The average molecular weight is 478 g/mol. The monoisotopic (exact) mass is 477 g/mol. The first-order valence-corrected chi connectivity index (χ1v) is 12.1. The van der Waals surface area contributed by atoms with Gasteiger partial charge in [-0.15, -0.1) is 11.8 Å². The van der Waals surface area contributed by atoms with Gasteiger partial charge >= 0.3 is 0 Å². The number of aromatic nitrogens is 2. The summed E-state index contributed by atoms with van der Waals surface area (Å²) in [5.41, 5.74) is 1.22. The topological polar surface area (TPSA) is 96.3 Å². The Kier molecular flexibility index (Phi) is 6.74. The van der Waals surface area contributed by atoms with Crippen LogP contribution in [-0.2, 0) is 24.4 Å². The number of fused-ring (bicyclic) bond motifs is 1. The number of nitrogens with zero attached hydrogens (tertiary/aromatic N) is 3. The lowest BCUT2D eigenvalue weighted by atomic mass is 9.96. The highest BCUT2D eigenvalue weighted by atomic mass is 32.2. The van der Waals surface area contributed by atoms with Crippen LogP contribution in [0.4, 0.5) is 0 Å². The van der Waals surface area contributed by atoms with Crippen LogP contribution in [0.2, 0.25) is 0 Å². The Balaban J connectivity index is 1.45. The summed E-state index contributed by atoms with van der Waals surface area (Å²) in [5.74, 6) is -1.02. The third kappa shape index (κ3) is 4.70. The van der Waals surface area contributed by atoms with Crippen molar-refractivity contribution in [1.29, 1.82) is 0 Å². The lowest BCUT2D eigenvalue weighted by molar-refractivity contribution is -0.132. The largest absolute Gasteiger partial charge is 0.350 e. The highest BCUT2D eigenvalue weighted by Crippen LogP contribution is 2.26. The van der Waals surface area contributed by atoms with Gasteiger partial charge in [0.1, 0.15) is 11.2 Å². The minimum Gasteiger partial charge on any atom is -0.350 e. The van der Waals surface area contributed by atoms with Crippen molar-refractivity contribution in [2.45, 2.75) is 37.0 Å². The zero-order valence-electron chi connectivity index (χ0n) is 19.4. The molecule has 34 heavy (non-hydrogen) atoms. The van der Waals surface area contributed by atoms with Gasteiger partial charge in [0.25, 0.3) is 11.8 Å². The van der Waals surface area contributed by atoms with Crippen LogP contribution in [0.25, 0.3) is 0 Å². The van der Waals surface area contributed by atoms with E-state index in [2.05, 4.69) is 15.7 Å². The molecule has 1 aromatic heterocycles. The van der Waals surface area contributed by atoms with E-state index in [1.54, 1.807) is 25.7 Å². The first-order valence-electron chi connectivity index (χ1n) is 10.9. The fraction of sp³-hybridized carbons (Fsp3) is 0.280. The Morgan fingerprint density at radius 3 is 2.35 bits per heavy atom. The van der Waals surface area contributed by atoms with Crippen molar-refractivity contribution in [2.24, 2.45) is 0 Å². The second kappa shape index (κ2) is 9.72. The van der Waals surface area contributed by atoms with Crippen molar-refractivity contribution < 1.29 is 14.4 Å². The average Bonchev–Trinajstić information content (AvgIpc) is 3.29. The van der Waals surface area contributed by atoms with E-state index in [0.717, 1.165) is 16.0 Å². The molecule has 0 spiro atoms. The first-order chi connectivity index (χ1) is 16.3. The molecular weight excluding hydrogens is 450 g/mol. The van der Waals surface area contributed by atoms with Crippen molar-refractivity contribution in [3.05, 3.63) is 83.2 Å². The number of hydrogen-bond acceptors (Lipinski definition) is 5. The normalized spacial score (nSPS) is 17.3. The fourth-order valence-corrected chi connectivity index (χ4v) is 4.23. The number of benzene rings is 2. The molecule has 4 rings (SSSR count). The highest BCUT2D eigenvalue weighted by Gasteiger charge is 2.46. The van der Waals surface area contributed by atoms with Crippen LogP contribution in [0, 0.1) is 0 Å². The molecule has 1 aliphatic rings. The third-order valence-corrected chi connectivity index (χ3v) is 6.88. The van der Waals surface area contributed by atoms with Gasteiger partial charge in [-0.25, -0.2) is 0 Å². The molecule has 0 bridgehead atoms. The number of carbonyl (C=O) groups excluding carboxylic acids is 3. The van der Waals surface area contributed by atoms with E-state index in [9.17, 15) is 14.4 Å². The van der Waals surface area contributed by atoms with Crippen molar-refractivity contribution in [3.8, 4) is 0 Å². The zero-order chi connectivity index (χ0) is 24.3. The van der Waals surface area contributed by atoms with Gasteiger partial charge in [0.2, 0.25) is 5.91 Å². The summed E-state index contributed by atoms with van der Waals surface area (Å²) in [4.78, 5) is 41.4. The summed E-state index contributed by atoms with van der Waals surface area (Å²) in [5, 5.41) is 10.1. The van der Waals surface area contributed by atoms with Crippen molar-refractivity contribution in [3.63, 3.8) is 0 Å². The summed E-state index contributed by atoms with van der Waals surface area (Å²) in [6, 6.07) is 19.0. The molecule has 8 nitrogen and oxygen atoms in total. The lowest BCUT2D eigenvalue weighted by Gasteiger charge is -2.40. The Hall–Kier alpha value is -3.59. The third-order valence-electron chi connectivity index (χ3n) is 6.13. The summed E-state index contributed by atoms with van der Waals surface area (Å²) < 4.78 is 1.45. The molecule has 9 heteroatoms. The van der Waals surface area contributed by atoms with E-state index in [0.29, 0.717) is 13.1 Å². The molecule has 1 atom stereocenters. The minimum absolute atomic E-state index is 0.145. The Morgan fingerprint density at radius 2 is 1.68 bits per heavy atom. The molecule has 0 saturated heterocycles. The molecule has 1 aliphatic heterocycles. The van der Waals surface area contributed by atoms with Crippen LogP contribution in [0.15, 0.2) is 65.6 Å². The second-order valence-electron chi connectivity index (χ2n) is 8.41. The van der Waals surface area contributed by atoms with Crippen molar-refractivity contribution in [1.82, 2.24) is 25.3 Å². The predicted octanol–water partition coefficient (Wildman–Crippen LogP) is 2.70. The number of carbonyl (C=O) groups is 3. The van der Waals surface area contributed by atoms with E-state index in [1.165, 1.54) is 15.6 Å². The van der Waals surface area contributed by atoms with Crippen LogP contribution in [0.5, 0.6) is 0 Å². The number of likely N-dealkylation sites (N-methyl/N-ethyl adjacent to an activating group) is 1. The van der Waals surface area contributed by atoms with Crippen LogP contribution >= 0.6 is 11.8 Å². The molecule has 0 unspecified atom stereocenters. The number of hydrogen-bond donors (Lipinski definition) is 2. The summed E-state index contributed by atoms with van der Waals surface area (Å²) in [6.07, 6.45) is 2.01. The molecular formula is C25H27N5O3S. The van der Waals surface area contributed by atoms with Gasteiger partial charge in [0.15, 0.2) is 5.69 Å². The smallest absolute Gasteiger partial charge is 0.272 e. The van der Waals surface area contributed by atoms with Gasteiger partial charge in [0, 0.05) is 31.1 Å². The first kappa shape index (κ1) is 23.6. The molecule has 0 aliphatic carbocycles. The van der Waals surface area contributed by atoms with Gasteiger partial charge in [-0.05, 0) is 36.4 Å². The van der Waals surface area contributed by atoms with E-state index in [1.807, 2.05) is 60.9 Å². The molecule has 3 aromatic rings. The van der Waals surface area contributed by atoms with E-state index >= 15 is 0 Å². The van der Waals surface area contributed by atoms with Crippen LogP contribution in [-0.4, -0.2) is 51.2 Å². The highest BCUT2D eigenvalue weighted by molar-refractivity contribution is 7.98. The van der Waals surface area contributed by atoms with Gasteiger partial charge in [-0.1, -0.05) is 42.5 Å². The van der Waals surface area contributed by atoms with Crippen molar-refractivity contribution >= 4 is 29.5 Å². The molecule has 176 valence electrons. The van der Waals surface area contributed by atoms with E-state index in [4.69, 9.17) is 0 Å². The molecule has 0 saturated carbocycles. The quantitative estimate of drug-likeness (QED) is 0.510. The number of rotatable bonds is 7. The molecule has 2 aromatic carbocycles. The Bertz CT molecular complexity index is 1210. The maximum atomic E-state index is 13.1.